The third-order valence-electron chi connectivity index (χ3n) is 1.26. The van der Waals surface area contributed by atoms with E-state index in [9.17, 15) is 4.79 Å². The number of nitrogens with zero attached hydrogens (tertiary/aromatic N) is 1. The SMILES string of the molecule is CC(=O)NN1C=CC=C(Cl)C1Cl. The molecule has 0 saturated carbocycles. The van der Waals surface area contributed by atoms with Crippen molar-refractivity contribution in [1.29, 1.82) is 0 Å². The van der Waals surface area contributed by atoms with Gasteiger partial charge < -0.3 is 0 Å². The van der Waals surface area contributed by atoms with Crippen LogP contribution in [-0.2, 0) is 4.79 Å². The molecule has 0 aromatic carbocycles. The predicted octanol–water partition coefficient (Wildman–Crippen LogP) is 1.55. The van der Waals surface area contributed by atoms with Crippen molar-refractivity contribution in [3.05, 3.63) is 23.4 Å². The molecule has 0 radical (unpaired) electrons. The average Bonchev–Trinajstić information content (AvgIpc) is 1.98. The van der Waals surface area contributed by atoms with Gasteiger partial charge in [0.15, 0.2) is 5.50 Å². The van der Waals surface area contributed by atoms with Crippen LogP contribution in [0, 0.1) is 0 Å². The summed E-state index contributed by atoms with van der Waals surface area (Å²) in [6.07, 6.45) is 5.03. The maximum Gasteiger partial charge on any atom is 0.235 e. The Morgan fingerprint density at radius 3 is 3.00 bits per heavy atom. The number of hydrazine groups is 1. The summed E-state index contributed by atoms with van der Waals surface area (Å²) in [6.45, 7) is 1.41. The number of nitrogens with one attached hydrogen (secondary N) is 1. The van der Waals surface area contributed by atoms with E-state index in [1.807, 2.05) is 0 Å². The molecule has 1 aliphatic rings. The van der Waals surface area contributed by atoms with E-state index in [-0.39, 0.29) is 5.91 Å². The predicted molar refractivity (Wildman–Crippen MR) is 48.4 cm³/mol. The lowest BCUT2D eigenvalue weighted by molar-refractivity contribution is -0.122. The normalized spacial score (nSPS) is 22.1. The van der Waals surface area contributed by atoms with Crippen LogP contribution in [0.25, 0.3) is 0 Å². The molecule has 12 heavy (non-hydrogen) atoms. The van der Waals surface area contributed by atoms with E-state index in [1.165, 1.54) is 11.9 Å². The maximum absolute atomic E-state index is 10.7. The molecule has 0 aromatic heterocycles. The molecule has 0 saturated heterocycles. The van der Waals surface area contributed by atoms with Crippen molar-refractivity contribution in [2.24, 2.45) is 0 Å². The standard InChI is InChI=1S/C7H8Cl2N2O/c1-5(12)10-11-4-2-3-6(8)7(11)9/h2-4,7H,1H3,(H,10,12). The zero-order valence-corrected chi connectivity index (χ0v) is 7.93. The van der Waals surface area contributed by atoms with Gasteiger partial charge in [-0.25, -0.2) is 0 Å². The van der Waals surface area contributed by atoms with Crippen LogP contribution >= 0.6 is 23.2 Å². The first-order chi connectivity index (χ1) is 5.61. The third kappa shape index (κ3) is 2.16. The molecule has 0 spiro atoms. The largest absolute Gasteiger partial charge is 0.274 e. The molecule has 1 atom stereocenters. The van der Waals surface area contributed by atoms with Crippen LogP contribution in [0.15, 0.2) is 23.4 Å². The van der Waals surface area contributed by atoms with Crippen molar-refractivity contribution >= 4 is 29.1 Å². The molecule has 0 bridgehead atoms. The summed E-state index contributed by atoms with van der Waals surface area (Å²) in [5, 5.41) is 1.92. The van der Waals surface area contributed by atoms with Gasteiger partial charge in [-0.15, -0.1) is 0 Å². The second-order valence-electron chi connectivity index (χ2n) is 2.30. The number of rotatable bonds is 1. The Morgan fingerprint density at radius 2 is 2.42 bits per heavy atom. The third-order valence-corrected chi connectivity index (χ3v) is 2.15. The highest BCUT2D eigenvalue weighted by molar-refractivity contribution is 6.37. The monoisotopic (exact) mass is 206 g/mol. The van der Waals surface area contributed by atoms with Crippen LogP contribution in [-0.4, -0.2) is 16.4 Å². The summed E-state index contributed by atoms with van der Waals surface area (Å²) >= 11 is 11.6. The molecule has 1 N–H and O–H groups in total. The molecular weight excluding hydrogens is 199 g/mol. The van der Waals surface area contributed by atoms with Gasteiger partial charge in [-0.2, -0.15) is 0 Å². The minimum Gasteiger partial charge on any atom is -0.274 e. The Kier molecular flexibility index (Phi) is 3.00. The summed E-state index contributed by atoms with van der Waals surface area (Å²) in [5.41, 5.74) is 2.00. The van der Waals surface area contributed by atoms with Gasteiger partial charge in [0.2, 0.25) is 5.91 Å². The quantitative estimate of drug-likeness (QED) is 0.522. The van der Waals surface area contributed by atoms with Crippen molar-refractivity contribution in [2.45, 2.75) is 12.4 Å². The van der Waals surface area contributed by atoms with Crippen LogP contribution < -0.4 is 5.43 Å². The lowest BCUT2D eigenvalue weighted by atomic mass is 10.4. The lowest BCUT2D eigenvalue weighted by Gasteiger charge is -2.27. The van der Waals surface area contributed by atoms with Crippen molar-refractivity contribution in [1.82, 2.24) is 10.4 Å². The first kappa shape index (κ1) is 9.42. The molecule has 1 unspecified atom stereocenters. The highest BCUT2D eigenvalue weighted by Gasteiger charge is 2.18. The maximum atomic E-state index is 10.7. The van der Waals surface area contributed by atoms with Crippen LogP contribution in [0.2, 0.25) is 0 Å². The Bertz CT molecular complexity index is 250. The van der Waals surface area contributed by atoms with E-state index in [4.69, 9.17) is 23.2 Å². The summed E-state index contributed by atoms with van der Waals surface area (Å²) in [5.74, 6) is -0.184. The van der Waals surface area contributed by atoms with Crippen molar-refractivity contribution in [3.8, 4) is 0 Å². The molecule has 66 valence electrons. The lowest BCUT2D eigenvalue weighted by Crippen LogP contribution is -2.42. The fourth-order valence-corrected chi connectivity index (χ4v) is 1.16. The van der Waals surface area contributed by atoms with Crippen molar-refractivity contribution in [2.75, 3.05) is 0 Å². The van der Waals surface area contributed by atoms with E-state index in [1.54, 1.807) is 18.4 Å². The Labute approximate surface area is 80.6 Å². The number of halogens is 2. The molecule has 0 aromatic rings. The first-order valence-electron chi connectivity index (χ1n) is 3.35. The Balaban J connectivity index is 2.63. The van der Waals surface area contributed by atoms with Gasteiger partial charge >= 0.3 is 0 Å². The zero-order valence-electron chi connectivity index (χ0n) is 6.42. The fraction of sp³-hybridized carbons (Fsp3) is 0.286. The van der Waals surface area contributed by atoms with E-state index in [2.05, 4.69) is 5.43 Å². The van der Waals surface area contributed by atoms with E-state index < -0.39 is 5.50 Å². The van der Waals surface area contributed by atoms with Crippen LogP contribution in [0.3, 0.4) is 0 Å². The molecule has 1 aliphatic heterocycles. The van der Waals surface area contributed by atoms with Gasteiger partial charge in [-0.05, 0) is 12.2 Å². The Morgan fingerprint density at radius 1 is 1.75 bits per heavy atom. The number of hydrogen-bond donors (Lipinski definition) is 1. The van der Waals surface area contributed by atoms with Gasteiger partial charge in [0.05, 0.1) is 5.03 Å². The van der Waals surface area contributed by atoms with Crippen LogP contribution in [0.5, 0.6) is 0 Å². The van der Waals surface area contributed by atoms with Gasteiger partial charge in [-0.1, -0.05) is 23.2 Å². The fourth-order valence-electron chi connectivity index (χ4n) is 0.791. The molecule has 1 heterocycles. The molecule has 0 fully saturated rings. The van der Waals surface area contributed by atoms with Crippen LogP contribution in [0.1, 0.15) is 6.92 Å². The smallest absolute Gasteiger partial charge is 0.235 e. The average molecular weight is 207 g/mol. The summed E-state index contributed by atoms with van der Waals surface area (Å²) < 4.78 is 0. The molecule has 5 heteroatoms. The number of carbonyl (C=O) groups is 1. The highest BCUT2D eigenvalue weighted by Crippen LogP contribution is 2.21. The molecular formula is C7H8Cl2N2O. The van der Waals surface area contributed by atoms with Gasteiger partial charge in [0.25, 0.3) is 0 Å². The second kappa shape index (κ2) is 3.83. The summed E-state index contributed by atoms with van der Waals surface area (Å²) in [4.78, 5) is 10.7. The van der Waals surface area contributed by atoms with Gasteiger partial charge in [0, 0.05) is 13.1 Å². The number of hydrogen-bond acceptors (Lipinski definition) is 2. The topological polar surface area (TPSA) is 32.3 Å². The number of amides is 1. The zero-order chi connectivity index (χ0) is 9.14. The van der Waals surface area contributed by atoms with E-state index in [0.717, 1.165) is 0 Å². The minimum absolute atomic E-state index is 0.184. The van der Waals surface area contributed by atoms with Gasteiger partial charge in [0.1, 0.15) is 0 Å². The van der Waals surface area contributed by atoms with Crippen LogP contribution in [0.4, 0.5) is 0 Å². The number of allylic oxidation sites excluding steroid dienone is 2. The first-order valence-corrected chi connectivity index (χ1v) is 4.16. The van der Waals surface area contributed by atoms with E-state index >= 15 is 0 Å². The molecule has 3 nitrogen and oxygen atoms in total. The number of alkyl halides is 1. The molecule has 1 rings (SSSR count). The molecule has 1 amide bonds. The Hall–Kier alpha value is -0.670. The summed E-state index contributed by atoms with van der Waals surface area (Å²) in [7, 11) is 0. The highest BCUT2D eigenvalue weighted by atomic mass is 35.5. The van der Waals surface area contributed by atoms with Crippen molar-refractivity contribution in [3.63, 3.8) is 0 Å². The van der Waals surface area contributed by atoms with Gasteiger partial charge in [-0.3, -0.25) is 15.2 Å². The minimum atomic E-state index is -0.513. The summed E-state index contributed by atoms with van der Waals surface area (Å²) in [6, 6.07) is 0. The molecule has 0 aliphatic carbocycles. The second-order valence-corrected chi connectivity index (χ2v) is 3.15. The van der Waals surface area contributed by atoms with Crippen molar-refractivity contribution < 1.29 is 4.79 Å². The van der Waals surface area contributed by atoms with E-state index in [0.29, 0.717) is 5.03 Å². The number of carbonyl (C=O) groups excluding carboxylic acids is 1.